The number of anilines is 2. The Morgan fingerprint density at radius 3 is 2.41 bits per heavy atom. The summed E-state index contributed by atoms with van der Waals surface area (Å²) in [6.45, 7) is 0. The minimum absolute atomic E-state index is 0.207. The minimum atomic E-state index is -0.510. The Morgan fingerprint density at radius 2 is 1.76 bits per heavy atom. The molecule has 86 valence electrons. The van der Waals surface area contributed by atoms with Gasteiger partial charge >= 0.3 is 6.03 Å². The number of urea groups is 1. The lowest BCUT2D eigenvalue weighted by molar-refractivity contribution is 0.259. The third-order valence-electron chi connectivity index (χ3n) is 1.95. The molecule has 1 aromatic carbocycles. The summed E-state index contributed by atoms with van der Waals surface area (Å²) < 4.78 is 0.969. The van der Waals surface area contributed by atoms with Crippen molar-refractivity contribution in [2.24, 2.45) is 0 Å². The van der Waals surface area contributed by atoms with Crippen LogP contribution in [-0.4, -0.2) is 16.0 Å². The van der Waals surface area contributed by atoms with Gasteiger partial charge in [-0.1, -0.05) is 18.2 Å². The van der Waals surface area contributed by atoms with E-state index in [2.05, 4.69) is 15.3 Å². The van der Waals surface area contributed by atoms with Gasteiger partial charge in [-0.15, -0.1) is 0 Å². The lowest BCUT2D eigenvalue weighted by Gasteiger charge is -2.13. The van der Waals surface area contributed by atoms with Crippen LogP contribution in [0.25, 0.3) is 0 Å². The van der Waals surface area contributed by atoms with E-state index in [4.69, 9.17) is 11.8 Å². The first-order valence-electron chi connectivity index (χ1n) is 4.86. The van der Waals surface area contributed by atoms with Gasteiger partial charge in [0.1, 0.15) is 0 Å². The Balaban J connectivity index is 2.06. The molecule has 2 aromatic rings. The van der Waals surface area contributed by atoms with E-state index >= 15 is 0 Å². The van der Waals surface area contributed by atoms with Gasteiger partial charge in [-0.2, -0.15) is 0 Å². The number of carbonyl (C=O) groups is 1. The van der Waals surface area contributed by atoms with Crippen LogP contribution >= 0.6 is 11.8 Å². The van der Waals surface area contributed by atoms with Crippen molar-refractivity contribution >= 4 is 29.4 Å². The zero-order valence-electron chi connectivity index (χ0n) is 8.75. The number of hydrogen-bond donors (Lipinski definition) is 1. The number of halogens is 1. The third kappa shape index (κ3) is 2.92. The van der Waals surface area contributed by atoms with E-state index < -0.39 is 6.03 Å². The number of amides is 2. The van der Waals surface area contributed by atoms with Crippen LogP contribution in [0.3, 0.4) is 0 Å². The average Bonchev–Trinajstić information content (AvgIpc) is 2.40. The second kappa shape index (κ2) is 5.27. The van der Waals surface area contributed by atoms with Crippen LogP contribution in [0, 0.1) is 0 Å². The van der Waals surface area contributed by atoms with E-state index in [9.17, 15) is 4.79 Å². The highest BCUT2D eigenvalue weighted by Crippen LogP contribution is 2.16. The number of carbonyl (C=O) groups excluding carboxylic acids is 1. The topological polar surface area (TPSA) is 58.1 Å². The first kappa shape index (κ1) is 11.3. The van der Waals surface area contributed by atoms with Gasteiger partial charge in [0.05, 0.1) is 5.69 Å². The van der Waals surface area contributed by atoms with Gasteiger partial charge in [0.2, 0.25) is 5.95 Å². The molecule has 1 heterocycles. The molecule has 0 spiro atoms. The molecule has 0 aliphatic rings. The predicted molar refractivity (Wildman–Crippen MR) is 65.8 cm³/mol. The zero-order chi connectivity index (χ0) is 12.1. The van der Waals surface area contributed by atoms with Gasteiger partial charge in [0.25, 0.3) is 0 Å². The molecular formula is C11H9ClN4O. The molecular weight excluding hydrogens is 240 g/mol. The summed E-state index contributed by atoms with van der Waals surface area (Å²) in [5, 5.41) is 2.47. The van der Waals surface area contributed by atoms with Crippen molar-refractivity contribution in [2.45, 2.75) is 0 Å². The third-order valence-corrected chi connectivity index (χ3v) is 2.29. The SMILES string of the molecule is O=C(Nc1ncccn1)N(Cl)c1ccccc1. The highest BCUT2D eigenvalue weighted by atomic mass is 35.5. The Hall–Kier alpha value is -2.14. The molecule has 0 atom stereocenters. The maximum atomic E-state index is 11.7. The second-order valence-electron chi connectivity index (χ2n) is 3.12. The molecule has 0 bridgehead atoms. The van der Waals surface area contributed by atoms with E-state index in [1.54, 1.807) is 30.3 Å². The number of aromatic nitrogens is 2. The molecule has 2 rings (SSSR count). The molecule has 1 N–H and O–H groups in total. The number of para-hydroxylation sites is 1. The fourth-order valence-electron chi connectivity index (χ4n) is 1.18. The molecule has 0 aliphatic carbocycles. The van der Waals surface area contributed by atoms with Crippen LogP contribution in [0.15, 0.2) is 48.8 Å². The summed E-state index contributed by atoms with van der Waals surface area (Å²) in [6.07, 6.45) is 3.06. The number of rotatable bonds is 2. The van der Waals surface area contributed by atoms with Crippen molar-refractivity contribution < 1.29 is 4.79 Å². The van der Waals surface area contributed by atoms with E-state index in [-0.39, 0.29) is 5.95 Å². The first-order valence-corrected chi connectivity index (χ1v) is 5.20. The van der Waals surface area contributed by atoms with Crippen molar-refractivity contribution in [1.29, 1.82) is 0 Å². The number of benzene rings is 1. The van der Waals surface area contributed by atoms with Crippen molar-refractivity contribution in [3.05, 3.63) is 48.8 Å². The van der Waals surface area contributed by atoms with Gasteiger partial charge in [0.15, 0.2) is 0 Å². The minimum Gasteiger partial charge on any atom is -0.275 e. The van der Waals surface area contributed by atoms with Crippen molar-refractivity contribution in [3.63, 3.8) is 0 Å². The molecule has 0 saturated heterocycles. The van der Waals surface area contributed by atoms with E-state index in [1.165, 1.54) is 12.4 Å². The molecule has 0 aliphatic heterocycles. The molecule has 0 fully saturated rings. The number of nitrogens with zero attached hydrogens (tertiary/aromatic N) is 3. The number of hydrogen-bond acceptors (Lipinski definition) is 3. The normalized spacial score (nSPS) is 9.71. The van der Waals surface area contributed by atoms with E-state index in [0.717, 1.165) is 4.42 Å². The van der Waals surface area contributed by atoms with Crippen LogP contribution in [-0.2, 0) is 0 Å². The smallest absolute Gasteiger partial charge is 0.275 e. The quantitative estimate of drug-likeness (QED) is 0.832. The summed E-state index contributed by atoms with van der Waals surface area (Å²) in [5.74, 6) is 0.207. The fourth-order valence-corrected chi connectivity index (χ4v) is 1.34. The maximum Gasteiger partial charge on any atom is 0.343 e. The van der Waals surface area contributed by atoms with Crippen LogP contribution < -0.4 is 9.74 Å². The second-order valence-corrected chi connectivity index (χ2v) is 3.46. The van der Waals surface area contributed by atoms with Gasteiger partial charge < -0.3 is 0 Å². The molecule has 0 radical (unpaired) electrons. The summed E-state index contributed by atoms with van der Waals surface area (Å²) in [4.78, 5) is 19.4. The van der Waals surface area contributed by atoms with Crippen LogP contribution in [0.4, 0.5) is 16.4 Å². The molecule has 2 amide bonds. The van der Waals surface area contributed by atoms with Gasteiger partial charge in [-0.25, -0.2) is 19.2 Å². The summed E-state index contributed by atoms with van der Waals surface area (Å²) >= 11 is 5.87. The van der Waals surface area contributed by atoms with Crippen LogP contribution in [0.1, 0.15) is 0 Å². The molecule has 0 unspecified atom stereocenters. The molecule has 1 aromatic heterocycles. The Labute approximate surface area is 103 Å². The average molecular weight is 249 g/mol. The van der Waals surface area contributed by atoms with Gasteiger partial charge in [0, 0.05) is 24.2 Å². The largest absolute Gasteiger partial charge is 0.343 e. The van der Waals surface area contributed by atoms with Gasteiger partial charge in [-0.05, 0) is 18.2 Å². The Bertz CT molecular complexity index is 491. The predicted octanol–water partition coefficient (Wildman–Crippen LogP) is 2.67. The van der Waals surface area contributed by atoms with Crippen LogP contribution in [0.5, 0.6) is 0 Å². The standard InChI is InChI=1S/C11H9ClN4O/c12-16(9-5-2-1-3-6-9)11(17)15-10-13-7-4-8-14-10/h1-8H,(H,13,14,15,17). The Morgan fingerprint density at radius 1 is 1.12 bits per heavy atom. The Kier molecular flexibility index (Phi) is 3.52. The summed E-state index contributed by atoms with van der Waals surface area (Å²) in [7, 11) is 0. The molecule has 17 heavy (non-hydrogen) atoms. The van der Waals surface area contributed by atoms with Gasteiger partial charge in [-0.3, -0.25) is 5.32 Å². The lowest BCUT2D eigenvalue weighted by Crippen LogP contribution is -2.27. The zero-order valence-corrected chi connectivity index (χ0v) is 9.50. The summed E-state index contributed by atoms with van der Waals surface area (Å²) in [6, 6.07) is 10.0. The van der Waals surface area contributed by atoms with E-state index in [0.29, 0.717) is 5.69 Å². The maximum absolute atomic E-state index is 11.7. The number of nitrogens with one attached hydrogen (secondary N) is 1. The summed E-state index contributed by atoms with van der Waals surface area (Å²) in [5.41, 5.74) is 0.572. The van der Waals surface area contributed by atoms with Crippen molar-refractivity contribution in [1.82, 2.24) is 9.97 Å². The monoisotopic (exact) mass is 248 g/mol. The molecule has 0 saturated carbocycles. The van der Waals surface area contributed by atoms with Crippen LogP contribution in [0.2, 0.25) is 0 Å². The lowest BCUT2D eigenvalue weighted by atomic mass is 10.3. The van der Waals surface area contributed by atoms with Crippen molar-refractivity contribution in [2.75, 3.05) is 9.74 Å². The van der Waals surface area contributed by atoms with Crippen molar-refractivity contribution in [3.8, 4) is 0 Å². The molecule has 6 heteroatoms. The highest BCUT2D eigenvalue weighted by Gasteiger charge is 2.13. The van der Waals surface area contributed by atoms with E-state index in [1.807, 2.05) is 6.07 Å². The fraction of sp³-hybridized carbons (Fsp3) is 0. The highest BCUT2D eigenvalue weighted by molar-refractivity contribution is 6.37. The molecule has 5 nitrogen and oxygen atoms in total. The first-order chi connectivity index (χ1) is 8.27.